The molecule has 0 fully saturated rings. The largest absolute Gasteiger partial charge is 0.478 e. The molecule has 1 rings (SSSR count). The standard InChI is InChI=1S/C12H21N3O2/c1-4-17-12-6-11(14-8-15-12)13-7-10(16)5-9(2)3/h6,8-10,16H,4-5,7H2,1-3H3,(H,13,14,15). The fraction of sp³-hybridized carbons (Fsp3) is 0.667. The van der Waals surface area contributed by atoms with Gasteiger partial charge in [0.15, 0.2) is 0 Å². The van der Waals surface area contributed by atoms with Gasteiger partial charge >= 0.3 is 0 Å². The highest BCUT2D eigenvalue weighted by Gasteiger charge is 2.07. The van der Waals surface area contributed by atoms with E-state index in [0.29, 0.717) is 30.8 Å². The van der Waals surface area contributed by atoms with Gasteiger partial charge in [0, 0.05) is 12.6 Å². The normalized spacial score (nSPS) is 12.5. The van der Waals surface area contributed by atoms with Crippen LogP contribution in [0, 0.1) is 5.92 Å². The van der Waals surface area contributed by atoms with Gasteiger partial charge < -0.3 is 15.2 Å². The van der Waals surface area contributed by atoms with E-state index in [1.807, 2.05) is 6.92 Å². The van der Waals surface area contributed by atoms with Crippen LogP contribution >= 0.6 is 0 Å². The molecule has 0 aliphatic heterocycles. The number of ether oxygens (including phenoxy) is 1. The molecular formula is C12H21N3O2. The van der Waals surface area contributed by atoms with Gasteiger partial charge in [0.1, 0.15) is 12.1 Å². The maximum atomic E-state index is 9.72. The number of nitrogens with zero attached hydrogens (tertiary/aromatic N) is 2. The summed E-state index contributed by atoms with van der Waals surface area (Å²) in [4.78, 5) is 8.03. The summed E-state index contributed by atoms with van der Waals surface area (Å²) >= 11 is 0. The van der Waals surface area contributed by atoms with Crippen molar-refractivity contribution in [2.75, 3.05) is 18.5 Å². The molecule has 96 valence electrons. The third-order valence-corrected chi connectivity index (χ3v) is 2.20. The number of nitrogens with one attached hydrogen (secondary N) is 1. The third kappa shape index (κ3) is 5.49. The van der Waals surface area contributed by atoms with E-state index in [4.69, 9.17) is 4.74 Å². The van der Waals surface area contributed by atoms with Crippen LogP contribution in [0.15, 0.2) is 12.4 Å². The van der Waals surface area contributed by atoms with Crippen molar-refractivity contribution in [1.29, 1.82) is 0 Å². The lowest BCUT2D eigenvalue weighted by Crippen LogP contribution is -2.21. The summed E-state index contributed by atoms with van der Waals surface area (Å²) in [7, 11) is 0. The van der Waals surface area contributed by atoms with E-state index < -0.39 is 0 Å². The van der Waals surface area contributed by atoms with Crippen LogP contribution in [0.3, 0.4) is 0 Å². The third-order valence-electron chi connectivity index (χ3n) is 2.20. The molecule has 1 atom stereocenters. The van der Waals surface area contributed by atoms with E-state index in [1.54, 1.807) is 6.07 Å². The van der Waals surface area contributed by atoms with E-state index in [2.05, 4.69) is 29.1 Å². The highest BCUT2D eigenvalue weighted by Crippen LogP contribution is 2.11. The molecule has 0 saturated heterocycles. The van der Waals surface area contributed by atoms with Gasteiger partial charge in [0.2, 0.25) is 5.88 Å². The Labute approximate surface area is 102 Å². The van der Waals surface area contributed by atoms with E-state index >= 15 is 0 Å². The van der Waals surface area contributed by atoms with Crippen LogP contribution < -0.4 is 10.1 Å². The van der Waals surface area contributed by atoms with Crippen LogP contribution in [0.1, 0.15) is 27.2 Å². The average molecular weight is 239 g/mol. The van der Waals surface area contributed by atoms with Crippen LogP contribution in [0.2, 0.25) is 0 Å². The van der Waals surface area contributed by atoms with Gasteiger partial charge in [-0.25, -0.2) is 9.97 Å². The summed E-state index contributed by atoms with van der Waals surface area (Å²) in [5.74, 6) is 1.70. The predicted molar refractivity (Wildman–Crippen MR) is 67.2 cm³/mol. The Kier molecular flexibility index (Phi) is 5.69. The molecule has 1 aromatic rings. The van der Waals surface area contributed by atoms with Gasteiger partial charge in [-0.15, -0.1) is 0 Å². The van der Waals surface area contributed by atoms with Gasteiger partial charge in [-0.2, -0.15) is 0 Å². The molecule has 0 radical (unpaired) electrons. The lowest BCUT2D eigenvalue weighted by molar-refractivity contribution is 0.161. The molecule has 1 aromatic heterocycles. The Balaban J connectivity index is 2.43. The first-order chi connectivity index (χ1) is 8.11. The molecule has 0 aromatic carbocycles. The quantitative estimate of drug-likeness (QED) is 0.758. The molecule has 0 amide bonds. The molecule has 2 N–H and O–H groups in total. The molecule has 1 unspecified atom stereocenters. The smallest absolute Gasteiger partial charge is 0.218 e. The van der Waals surface area contributed by atoms with Crippen LogP contribution in [0.5, 0.6) is 5.88 Å². The molecule has 0 saturated carbocycles. The summed E-state index contributed by atoms with van der Waals surface area (Å²) in [6.45, 7) is 7.14. The van der Waals surface area contributed by atoms with Crippen LogP contribution in [-0.4, -0.2) is 34.3 Å². The highest BCUT2D eigenvalue weighted by molar-refractivity contribution is 5.37. The number of hydrogen-bond acceptors (Lipinski definition) is 5. The fourth-order valence-electron chi connectivity index (χ4n) is 1.51. The average Bonchev–Trinajstić information content (AvgIpc) is 2.26. The summed E-state index contributed by atoms with van der Waals surface area (Å²) < 4.78 is 5.26. The number of aromatic nitrogens is 2. The highest BCUT2D eigenvalue weighted by atomic mass is 16.5. The summed E-state index contributed by atoms with van der Waals surface area (Å²) in [5.41, 5.74) is 0. The van der Waals surface area contributed by atoms with E-state index in [-0.39, 0.29) is 6.10 Å². The van der Waals surface area contributed by atoms with E-state index in [9.17, 15) is 5.11 Å². The number of rotatable bonds is 7. The van der Waals surface area contributed by atoms with Crippen LogP contribution in [0.4, 0.5) is 5.82 Å². The zero-order chi connectivity index (χ0) is 12.7. The van der Waals surface area contributed by atoms with Gasteiger partial charge in [-0.1, -0.05) is 13.8 Å². The molecule has 0 aliphatic rings. The number of aliphatic hydroxyl groups excluding tert-OH is 1. The van der Waals surface area contributed by atoms with Crippen molar-refractivity contribution in [1.82, 2.24) is 9.97 Å². The van der Waals surface area contributed by atoms with E-state index in [1.165, 1.54) is 6.33 Å². The Hall–Kier alpha value is -1.36. The Bertz CT molecular complexity index is 331. The summed E-state index contributed by atoms with van der Waals surface area (Å²) in [6.07, 6.45) is 1.86. The van der Waals surface area contributed by atoms with Crippen molar-refractivity contribution in [2.45, 2.75) is 33.3 Å². The number of hydrogen-bond donors (Lipinski definition) is 2. The molecule has 1 heterocycles. The second-order valence-corrected chi connectivity index (χ2v) is 4.34. The molecule has 0 spiro atoms. The first-order valence-electron chi connectivity index (χ1n) is 5.98. The van der Waals surface area contributed by atoms with Crippen molar-refractivity contribution < 1.29 is 9.84 Å². The minimum atomic E-state index is -0.361. The number of anilines is 1. The van der Waals surface area contributed by atoms with E-state index in [0.717, 1.165) is 6.42 Å². The summed E-state index contributed by atoms with van der Waals surface area (Å²) in [5, 5.41) is 12.8. The molecular weight excluding hydrogens is 218 g/mol. The van der Waals surface area contributed by atoms with Crippen molar-refractivity contribution in [3.63, 3.8) is 0 Å². The minimum Gasteiger partial charge on any atom is -0.478 e. The van der Waals surface area contributed by atoms with Crippen molar-refractivity contribution in [3.05, 3.63) is 12.4 Å². The maximum Gasteiger partial charge on any atom is 0.218 e. The van der Waals surface area contributed by atoms with Crippen molar-refractivity contribution in [3.8, 4) is 5.88 Å². The first-order valence-corrected chi connectivity index (χ1v) is 5.98. The maximum absolute atomic E-state index is 9.72. The second-order valence-electron chi connectivity index (χ2n) is 4.34. The first kappa shape index (κ1) is 13.7. The minimum absolute atomic E-state index is 0.361. The molecule has 0 bridgehead atoms. The SMILES string of the molecule is CCOc1cc(NCC(O)CC(C)C)ncn1. The van der Waals surface area contributed by atoms with Crippen LogP contribution in [0.25, 0.3) is 0 Å². The lowest BCUT2D eigenvalue weighted by atomic mass is 10.1. The van der Waals surface area contributed by atoms with Gasteiger partial charge in [-0.3, -0.25) is 0 Å². The van der Waals surface area contributed by atoms with Gasteiger partial charge in [-0.05, 0) is 19.3 Å². The molecule has 5 nitrogen and oxygen atoms in total. The second kappa shape index (κ2) is 7.06. The van der Waals surface area contributed by atoms with Gasteiger partial charge in [0.05, 0.1) is 12.7 Å². The topological polar surface area (TPSA) is 67.3 Å². The fourth-order valence-corrected chi connectivity index (χ4v) is 1.51. The zero-order valence-electron chi connectivity index (χ0n) is 10.7. The lowest BCUT2D eigenvalue weighted by Gasteiger charge is -2.14. The Morgan fingerprint density at radius 3 is 2.82 bits per heavy atom. The monoisotopic (exact) mass is 239 g/mol. The zero-order valence-corrected chi connectivity index (χ0v) is 10.7. The van der Waals surface area contributed by atoms with Crippen molar-refractivity contribution in [2.24, 2.45) is 5.92 Å². The van der Waals surface area contributed by atoms with Gasteiger partial charge in [0.25, 0.3) is 0 Å². The molecule has 17 heavy (non-hydrogen) atoms. The Morgan fingerprint density at radius 2 is 2.18 bits per heavy atom. The Morgan fingerprint density at radius 1 is 1.41 bits per heavy atom. The summed E-state index contributed by atoms with van der Waals surface area (Å²) in [6, 6.07) is 1.73. The predicted octanol–water partition coefficient (Wildman–Crippen LogP) is 1.69. The molecule has 0 aliphatic carbocycles. The number of aliphatic hydroxyl groups is 1. The van der Waals surface area contributed by atoms with Crippen molar-refractivity contribution >= 4 is 5.82 Å². The molecule has 5 heteroatoms. The van der Waals surface area contributed by atoms with Crippen LogP contribution in [-0.2, 0) is 0 Å².